The highest BCUT2D eigenvalue weighted by Gasteiger charge is 2.13. The molecule has 2 aromatic heterocycles. The molecule has 2 heterocycles. The second kappa shape index (κ2) is 6.87. The maximum absolute atomic E-state index is 11.8. The molecule has 1 amide bonds. The zero-order valence-corrected chi connectivity index (χ0v) is 14.5. The van der Waals surface area contributed by atoms with E-state index in [-0.39, 0.29) is 10.1 Å². The maximum atomic E-state index is 11.8. The molecule has 0 fully saturated rings. The molecule has 0 aliphatic carbocycles. The molecule has 2 aromatic rings. The predicted molar refractivity (Wildman–Crippen MR) is 85.3 cm³/mol. The van der Waals surface area contributed by atoms with Crippen LogP contribution in [0.15, 0.2) is 39.1 Å². The van der Waals surface area contributed by atoms with Crippen molar-refractivity contribution in [3.8, 4) is 0 Å². The number of hydrogen-bond donors (Lipinski definition) is 1. The quantitative estimate of drug-likeness (QED) is 0.770. The molecule has 5 nitrogen and oxygen atoms in total. The van der Waals surface area contributed by atoms with Crippen LogP contribution in [0.25, 0.3) is 0 Å². The number of pyridine rings is 1. The summed E-state index contributed by atoms with van der Waals surface area (Å²) in [5, 5.41) is 2.72. The first-order valence-electron chi connectivity index (χ1n) is 5.79. The van der Waals surface area contributed by atoms with Crippen LogP contribution in [-0.4, -0.2) is 25.9 Å². The van der Waals surface area contributed by atoms with Gasteiger partial charge in [-0.15, -0.1) is 11.3 Å². The first-order chi connectivity index (χ1) is 9.86. The summed E-state index contributed by atoms with van der Waals surface area (Å²) < 4.78 is 23.2. The van der Waals surface area contributed by atoms with Crippen molar-refractivity contribution in [2.75, 3.05) is 6.54 Å². The third kappa shape index (κ3) is 4.77. The second-order valence-corrected chi connectivity index (χ2v) is 8.90. The van der Waals surface area contributed by atoms with Crippen molar-refractivity contribution in [3.05, 3.63) is 45.5 Å². The molecule has 2 rings (SSSR count). The Kier molecular flexibility index (Phi) is 5.37. The van der Waals surface area contributed by atoms with E-state index in [1.807, 2.05) is 0 Å². The molecule has 0 saturated carbocycles. The summed E-state index contributed by atoms with van der Waals surface area (Å²) in [6.07, 6.45) is 2.07. The Morgan fingerprint density at radius 2 is 2.10 bits per heavy atom. The smallest absolute Gasteiger partial charge is 0.270 e. The number of nitrogens with zero attached hydrogens (tertiary/aromatic N) is 1. The van der Waals surface area contributed by atoms with Crippen LogP contribution in [0.3, 0.4) is 0 Å². The number of carbonyl (C=O) groups excluding carboxylic acids is 1. The van der Waals surface area contributed by atoms with E-state index in [4.69, 9.17) is 10.7 Å². The van der Waals surface area contributed by atoms with E-state index in [0.717, 1.165) is 20.7 Å². The number of amides is 1. The highest BCUT2D eigenvalue weighted by Crippen LogP contribution is 2.24. The normalized spacial score (nSPS) is 11.3. The van der Waals surface area contributed by atoms with Crippen molar-refractivity contribution >= 4 is 52.9 Å². The van der Waals surface area contributed by atoms with Crippen LogP contribution in [0.4, 0.5) is 0 Å². The molecule has 0 atom stereocenters. The van der Waals surface area contributed by atoms with Crippen LogP contribution >= 0.6 is 37.9 Å². The van der Waals surface area contributed by atoms with E-state index in [1.165, 1.54) is 6.07 Å². The number of halogens is 2. The lowest BCUT2D eigenvalue weighted by Gasteiger charge is -2.03. The minimum Gasteiger partial charge on any atom is -0.350 e. The van der Waals surface area contributed by atoms with Gasteiger partial charge in [0.15, 0.2) is 0 Å². The minimum atomic E-state index is -3.68. The monoisotopic (exact) mass is 408 g/mol. The number of rotatable bonds is 5. The maximum Gasteiger partial charge on any atom is 0.270 e. The lowest BCUT2D eigenvalue weighted by atomic mass is 10.3. The van der Waals surface area contributed by atoms with E-state index in [9.17, 15) is 13.2 Å². The van der Waals surface area contributed by atoms with Gasteiger partial charge in [0.25, 0.3) is 15.0 Å². The molecule has 0 radical (unpaired) electrons. The molecule has 0 bridgehead atoms. The first-order valence-corrected chi connectivity index (χ1v) is 9.71. The Bertz CT molecular complexity index is 744. The van der Waals surface area contributed by atoms with Gasteiger partial charge in [0.1, 0.15) is 9.90 Å². The number of hydrogen-bond acceptors (Lipinski definition) is 5. The minimum absolute atomic E-state index is 0.111. The van der Waals surface area contributed by atoms with Crippen molar-refractivity contribution in [1.82, 2.24) is 10.3 Å². The van der Waals surface area contributed by atoms with Gasteiger partial charge < -0.3 is 5.32 Å². The van der Waals surface area contributed by atoms with Crippen molar-refractivity contribution in [3.63, 3.8) is 0 Å². The lowest BCUT2D eigenvalue weighted by molar-refractivity contribution is 0.0949. The Balaban J connectivity index is 1.88. The molecule has 112 valence electrons. The van der Waals surface area contributed by atoms with Crippen LogP contribution in [-0.2, 0) is 15.5 Å². The van der Waals surface area contributed by atoms with E-state index in [2.05, 4.69) is 26.2 Å². The van der Waals surface area contributed by atoms with Gasteiger partial charge in [-0.1, -0.05) is 0 Å². The standard InChI is InChI=1S/C12H10BrClN2O3S2/c13-8-1-3-10(16-7-8)12(17)15-6-5-9-2-4-11(20-9)21(14,18)19/h1-4,7H,5-6H2,(H,15,17). The van der Waals surface area contributed by atoms with Gasteiger partial charge in [-0.3, -0.25) is 4.79 Å². The molecule has 0 aliphatic rings. The molecular formula is C12H10BrClN2O3S2. The summed E-state index contributed by atoms with van der Waals surface area (Å²) in [7, 11) is 1.57. The van der Waals surface area contributed by atoms with Crippen LogP contribution in [0.5, 0.6) is 0 Å². The van der Waals surface area contributed by atoms with E-state index in [0.29, 0.717) is 18.7 Å². The van der Waals surface area contributed by atoms with E-state index < -0.39 is 9.05 Å². The highest BCUT2D eigenvalue weighted by molar-refractivity contribution is 9.10. The summed E-state index contributed by atoms with van der Waals surface area (Å²) in [4.78, 5) is 16.6. The van der Waals surface area contributed by atoms with Crippen molar-refractivity contribution < 1.29 is 13.2 Å². The fourth-order valence-corrected chi connectivity index (χ4v) is 3.88. The SMILES string of the molecule is O=C(NCCc1ccc(S(=O)(=O)Cl)s1)c1ccc(Br)cn1. The summed E-state index contributed by atoms with van der Waals surface area (Å²) in [5.41, 5.74) is 0.327. The summed E-state index contributed by atoms with van der Waals surface area (Å²) in [6.45, 7) is 0.388. The Morgan fingerprint density at radius 3 is 2.67 bits per heavy atom. The van der Waals surface area contributed by atoms with Gasteiger partial charge in [0.2, 0.25) is 0 Å². The highest BCUT2D eigenvalue weighted by atomic mass is 79.9. The lowest BCUT2D eigenvalue weighted by Crippen LogP contribution is -2.26. The largest absolute Gasteiger partial charge is 0.350 e. The van der Waals surface area contributed by atoms with Crippen molar-refractivity contribution in [2.45, 2.75) is 10.6 Å². The second-order valence-electron chi connectivity index (χ2n) is 4.03. The van der Waals surface area contributed by atoms with Crippen LogP contribution < -0.4 is 5.32 Å². The summed E-state index contributed by atoms with van der Waals surface area (Å²) in [5.74, 6) is -0.274. The average molecular weight is 410 g/mol. The molecule has 0 aliphatic heterocycles. The summed E-state index contributed by atoms with van der Waals surface area (Å²) in [6, 6.07) is 6.49. The van der Waals surface area contributed by atoms with Gasteiger partial charge >= 0.3 is 0 Å². The zero-order valence-electron chi connectivity index (χ0n) is 10.5. The molecule has 9 heteroatoms. The van der Waals surface area contributed by atoms with Crippen molar-refractivity contribution in [1.29, 1.82) is 0 Å². The molecular weight excluding hydrogens is 400 g/mol. The molecule has 0 unspecified atom stereocenters. The average Bonchev–Trinajstić information content (AvgIpc) is 2.88. The molecule has 0 aromatic carbocycles. The molecule has 1 N–H and O–H groups in total. The Hall–Kier alpha value is -0.960. The topological polar surface area (TPSA) is 76.1 Å². The zero-order chi connectivity index (χ0) is 15.5. The molecule has 0 saturated heterocycles. The third-order valence-electron chi connectivity index (χ3n) is 2.49. The van der Waals surface area contributed by atoms with Crippen LogP contribution in [0.1, 0.15) is 15.4 Å². The number of nitrogens with one attached hydrogen (secondary N) is 1. The van der Waals surface area contributed by atoms with Crippen LogP contribution in [0, 0.1) is 0 Å². The fourth-order valence-electron chi connectivity index (χ4n) is 1.52. The first kappa shape index (κ1) is 16.4. The summed E-state index contributed by atoms with van der Waals surface area (Å²) >= 11 is 4.34. The predicted octanol–water partition coefficient (Wildman–Crippen LogP) is 2.81. The van der Waals surface area contributed by atoms with Gasteiger partial charge in [-0.05, 0) is 46.6 Å². The van der Waals surface area contributed by atoms with Gasteiger partial charge in [0, 0.05) is 32.8 Å². The van der Waals surface area contributed by atoms with Gasteiger partial charge in [-0.25, -0.2) is 13.4 Å². The Morgan fingerprint density at radius 1 is 1.33 bits per heavy atom. The van der Waals surface area contributed by atoms with E-state index in [1.54, 1.807) is 24.4 Å². The third-order valence-corrected chi connectivity index (χ3v) is 6.20. The van der Waals surface area contributed by atoms with Crippen LogP contribution in [0.2, 0.25) is 0 Å². The fraction of sp³-hybridized carbons (Fsp3) is 0.167. The number of thiophene rings is 1. The molecule has 21 heavy (non-hydrogen) atoms. The Labute approximate surface area is 138 Å². The number of aromatic nitrogens is 1. The molecule has 0 spiro atoms. The number of carbonyl (C=O) groups is 1. The van der Waals surface area contributed by atoms with E-state index >= 15 is 0 Å². The van der Waals surface area contributed by atoms with Gasteiger partial charge in [-0.2, -0.15) is 0 Å². The van der Waals surface area contributed by atoms with Crippen molar-refractivity contribution in [2.24, 2.45) is 0 Å². The van der Waals surface area contributed by atoms with Gasteiger partial charge in [0.05, 0.1) is 0 Å².